The first-order valence-corrected chi connectivity index (χ1v) is 6.95. The molecule has 19 heavy (non-hydrogen) atoms. The van der Waals surface area contributed by atoms with Crippen LogP contribution in [0.25, 0.3) is 10.6 Å². The van der Waals surface area contributed by atoms with Crippen LogP contribution in [0, 0.1) is 6.92 Å². The highest BCUT2D eigenvalue weighted by atomic mass is 32.1. The zero-order valence-electron chi connectivity index (χ0n) is 10.7. The minimum atomic E-state index is 0.290. The summed E-state index contributed by atoms with van der Waals surface area (Å²) in [6, 6.07) is 1.86. The van der Waals surface area contributed by atoms with E-state index in [4.69, 9.17) is 10.5 Å². The highest BCUT2D eigenvalue weighted by Crippen LogP contribution is 2.33. The smallest absolute Gasteiger partial charge is 0.220 e. The molecule has 3 heterocycles. The summed E-state index contributed by atoms with van der Waals surface area (Å²) < 4.78 is 5.36. The van der Waals surface area contributed by atoms with Crippen molar-refractivity contribution >= 4 is 22.4 Å². The first-order chi connectivity index (χ1) is 9.24. The molecule has 1 aliphatic rings. The van der Waals surface area contributed by atoms with E-state index >= 15 is 0 Å². The van der Waals surface area contributed by atoms with Crippen LogP contribution in [-0.4, -0.2) is 41.3 Å². The van der Waals surface area contributed by atoms with Crippen LogP contribution in [-0.2, 0) is 4.74 Å². The number of thiazole rings is 1. The SMILES string of the molecule is Cc1nc(N2CCOCC2)sc1-c1ccnc(N)n1. The highest BCUT2D eigenvalue weighted by molar-refractivity contribution is 7.19. The Balaban J connectivity index is 1.92. The maximum Gasteiger partial charge on any atom is 0.220 e. The number of aryl methyl sites for hydroxylation is 1. The quantitative estimate of drug-likeness (QED) is 0.892. The summed E-state index contributed by atoms with van der Waals surface area (Å²) >= 11 is 1.64. The molecule has 0 atom stereocenters. The normalized spacial score (nSPS) is 15.7. The van der Waals surface area contributed by atoms with E-state index in [2.05, 4.69) is 19.9 Å². The largest absolute Gasteiger partial charge is 0.378 e. The molecule has 3 rings (SSSR count). The second kappa shape index (κ2) is 5.10. The Morgan fingerprint density at radius 3 is 2.84 bits per heavy atom. The Hall–Kier alpha value is -1.73. The van der Waals surface area contributed by atoms with Gasteiger partial charge in [-0.05, 0) is 13.0 Å². The van der Waals surface area contributed by atoms with Crippen molar-refractivity contribution in [1.82, 2.24) is 15.0 Å². The molecule has 0 bridgehead atoms. The molecule has 100 valence electrons. The summed E-state index contributed by atoms with van der Waals surface area (Å²) in [5.74, 6) is 0.290. The van der Waals surface area contributed by atoms with Crippen LogP contribution in [0.4, 0.5) is 11.1 Å². The Morgan fingerprint density at radius 2 is 2.11 bits per heavy atom. The van der Waals surface area contributed by atoms with Crippen molar-refractivity contribution in [2.24, 2.45) is 0 Å². The standard InChI is InChI=1S/C12H15N5OS/c1-8-10(9-2-3-14-11(13)16-9)19-12(15-8)17-4-6-18-7-5-17/h2-3H,4-7H2,1H3,(H2,13,14,16). The minimum absolute atomic E-state index is 0.290. The van der Waals surface area contributed by atoms with Crippen LogP contribution in [0.15, 0.2) is 12.3 Å². The minimum Gasteiger partial charge on any atom is -0.378 e. The van der Waals surface area contributed by atoms with Gasteiger partial charge in [0.25, 0.3) is 0 Å². The van der Waals surface area contributed by atoms with E-state index in [9.17, 15) is 0 Å². The first-order valence-electron chi connectivity index (χ1n) is 6.13. The first kappa shape index (κ1) is 12.3. The molecule has 0 radical (unpaired) electrons. The third kappa shape index (κ3) is 2.52. The van der Waals surface area contributed by atoms with Gasteiger partial charge in [0.1, 0.15) is 0 Å². The molecular weight excluding hydrogens is 262 g/mol. The van der Waals surface area contributed by atoms with Gasteiger partial charge in [-0.2, -0.15) is 0 Å². The molecule has 1 saturated heterocycles. The second-order valence-electron chi connectivity index (χ2n) is 4.31. The molecule has 2 N–H and O–H groups in total. The Labute approximate surface area is 115 Å². The molecule has 0 aliphatic carbocycles. The molecule has 0 aromatic carbocycles. The highest BCUT2D eigenvalue weighted by Gasteiger charge is 2.18. The summed E-state index contributed by atoms with van der Waals surface area (Å²) in [5, 5.41) is 1.02. The maximum atomic E-state index is 5.63. The van der Waals surface area contributed by atoms with Crippen LogP contribution < -0.4 is 10.6 Å². The number of rotatable bonds is 2. The van der Waals surface area contributed by atoms with Crippen molar-refractivity contribution in [2.75, 3.05) is 36.9 Å². The van der Waals surface area contributed by atoms with Crippen LogP contribution in [0.5, 0.6) is 0 Å². The van der Waals surface area contributed by atoms with Gasteiger partial charge in [-0.25, -0.2) is 15.0 Å². The van der Waals surface area contributed by atoms with Crippen molar-refractivity contribution < 1.29 is 4.74 Å². The average molecular weight is 277 g/mol. The van der Waals surface area contributed by atoms with Gasteiger partial charge >= 0.3 is 0 Å². The third-order valence-corrected chi connectivity index (χ3v) is 4.21. The lowest BCUT2D eigenvalue weighted by atomic mass is 10.3. The number of nitrogens with zero attached hydrogens (tertiary/aromatic N) is 4. The number of hydrogen-bond donors (Lipinski definition) is 1. The molecule has 0 amide bonds. The van der Waals surface area contributed by atoms with E-state index in [0.29, 0.717) is 5.95 Å². The summed E-state index contributed by atoms with van der Waals surface area (Å²) in [7, 11) is 0. The summed E-state index contributed by atoms with van der Waals surface area (Å²) in [6.45, 7) is 5.29. The topological polar surface area (TPSA) is 77.2 Å². The molecule has 1 fully saturated rings. The van der Waals surface area contributed by atoms with E-state index in [-0.39, 0.29) is 0 Å². The van der Waals surface area contributed by atoms with Gasteiger partial charge in [0.2, 0.25) is 5.95 Å². The molecular formula is C12H15N5OS. The number of anilines is 2. The van der Waals surface area contributed by atoms with Gasteiger partial charge in [-0.15, -0.1) is 0 Å². The van der Waals surface area contributed by atoms with Gasteiger partial charge in [-0.1, -0.05) is 11.3 Å². The Kier molecular flexibility index (Phi) is 3.31. The zero-order valence-corrected chi connectivity index (χ0v) is 11.5. The predicted molar refractivity (Wildman–Crippen MR) is 75.3 cm³/mol. The van der Waals surface area contributed by atoms with Gasteiger partial charge in [-0.3, -0.25) is 0 Å². The predicted octanol–water partition coefficient (Wildman–Crippen LogP) is 1.33. The molecule has 0 spiro atoms. The van der Waals surface area contributed by atoms with E-state index in [0.717, 1.165) is 47.7 Å². The molecule has 2 aromatic rings. The summed E-state index contributed by atoms with van der Waals surface area (Å²) in [6.07, 6.45) is 1.67. The monoisotopic (exact) mass is 277 g/mol. The Morgan fingerprint density at radius 1 is 1.32 bits per heavy atom. The lowest BCUT2D eigenvalue weighted by molar-refractivity contribution is 0.122. The number of aromatic nitrogens is 3. The summed E-state index contributed by atoms with van der Waals surface area (Å²) in [5.41, 5.74) is 7.44. The van der Waals surface area contributed by atoms with E-state index in [1.165, 1.54) is 0 Å². The van der Waals surface area contributed by atoms with E-state index in [1.54, 1.807) is 17.5 Å². The zero-order chi connectivity index (χ0) is 13.2. The van der Waals surface area contributed by atoms with Crippen LogP contribution in [0.3, 0.4) is 0 Å². The number of ether oxygens (including phenoxy) is 1. The number of morpholine rings is 1. The van der Waals surface area contributed by atoms with Crippen LogP contribution in [0.2, 0.25) is 0 Å². The third-order valence-electron chi connectivity index (χ3n) is 2.97. The molecule has 1 aliphatic heterocycles. The van der Waals surface area contributed by atoms with Crippen molar-refractivity contribution in [3.05, 3.63) is 18.0 Å². The van der Waals surface area contributed by atoms with Crippen molar-refractivity contribution in [1.29, 1.82) is 0 Å². The van der Waals surface area contributed by atoms with Gasteiger partial charge < -0.3 is 15.4 Å². The number of nitrogen functional groups attached to an aromatic ring is 1. The molecule has 0 unspecified atom stereocenters. The van der Waals surface area contributed by atoms with Gasteiger partial charge in [0, 0.05) is 19.3 Å². The van der Waals surface area contributed by atoms with Gasteiger partial charge in [0.15, 0.2) is 5.13 Å². The van der Waals surface area contributed by atoms with E-state index < -0.39 is 0 Å². The number of hydrogen-bond acceptors (Lipinski definition) is 7. The fourth-order valence-corrected chi connectivity index (χ4v) is 3.10. The lowest BCUT2D eigenvalue weighted by Crippen LogP contribution is -2.36. The molecule has 2 aromatic heterocycles. The number of nitrogens with two attached hydrogens (primary N) is 1. The van der Waals surface area contributed by atoms with Gasteiger partial charge in [0.05, 0.1) is 29.5 Å². The molecule has 0 saturated carbocycles. The molecule has 7 heteroatoms. The molecule has 6 nitrogen and oxygen atoms in total. The fraction of sp³-hybridized carbons (Fsp3) is 0.417. The average Bonchev–Trinajstić information content (AvgIpc) is 2.82. The van der Waals surface area contributed by atoms with Crippen LogP contribution >= 0.6 is 11.3 Å². The summed E-state index contributed by atoms with van der Waals surface area (Å²) in [4.78, 5) is 16.1. The maximum absolute atomic E-state index is 5.63. The van der Waals surface area contributed by atoms with E-state index in [1.807, 2.05) is 13.0 Å². The fourth-order valence-electron chi connectivity index (χ4n) is 2.01. The van der Waals surface area contributed by atoms with Crippen molar-refractivity contribution in [3.63, 3.8) is 0 Å². The lowest BCUT2D eigenvalue weighted by Gasteiger charge is -2.26. The van der Waals surface area contributed by atoms with Crippen LogP contribution in [0.1, 0.15) is 5.69 Å². The van der Waals surface area contributed by atoms with Crippen molar-refractivity contribution in [3.8, 4) is 10.6 Å². The van der Waals surface area contributed by atoms with Crippen molar-refractivity contribution in [2.45, 2.75) is 6.92 Å². The Bertz CT molecular complexity index is 579. The second-order valence-corrected chi connectivity index (χ2v) is 5.29.